The summed E-state index contributed by atoms with van der Waals surface area (Å²) in [5.74, 6) is 1.35. The first-order chi connectivity index (χ1) is 8.04. The number of carbonyl (C=O) groups excluding carboxylic acids is 1. The summed E-state index contributed by atoms with van der Waals surface area (Å²) in [7, 11) is 1.62. The molecule has 0 spiro atoms. The normalized spacial score (nSPS) is 14.4. The van der Waals surface area contributed by atoms with Gasteiger partial charge in [-0.1, -0.05) is 0 Å². The maximum Gasteiger partial charge on any atom is 0.237 e. The quantitative estimate of drug-likeness (QED) is 0.781. The van der Waals surface area contributed by atoms with Crippen molar-refractivity contribution in [3.63, 3.8) is 0 Å². The Balaban J connectivity index is 2.70. The van der Waals surface area contributed by atoms with Crippen molar-refractivity contribution in [3.05, 3.63) is 23.7 Å². The number of amides is 1. The summed E-state index contributed by atoms with van der Waals surface area (Å²) < 4.78 is 10.5. The van der Waals surface area contributed by atoms with Gasteiger partial charge in [-0.3, -0.25) is 4.79 Å². The monoisotopic (exact) mass is 240 g/mol. The lowest BCUT2D eigenvalue weighted by atomic mass is 10.1. The van der Waals surface area contributed by atoms with Crippen LogP contribution in [0.2, 0.25) is 0 Å². The van der Waals surface area contributed by atoms with E-state index in [2.05, 4.69) is 5.32 Å². The molecular formula is C12H20N2O3. The third-order valence-corrected chi connectivity index (χ3v) is 2.45. The van der Waals surface area contributed by atoms with Crippen molar-refractivity contribution in [3.8, 4) is 0 Å². The predicted molar refractivity (Wildman–Crippen MR) is 64.5 cm³/mol. The lowest BCUT2D eigenvalue weighted by molar-refractivity contribution is -0.123. The van der Waals surface area contributed by atoms with Crippen LogP contribution in [-0.2, 0) is 9.53 Å². The largest absolute Gasteiger partial charge is 0.464 e. The number of nitrogens with one attached hydrogen (secondary N) is 1. The number of rotatable bonds is 6. The highest BCUT2D eigenvalue weighted by molar-refractivity contribution is 5.81. The highest BCUT2D eigenvalue weighted by Crippen LogP contribution is 2.19. The van der Waals surface area contributed by atoms with E-state index in [0.29, 0.717) is 13.0 Å². The van der Waals surface area contributed by atoms with Gasteiger partial charge in [0.2, 0.25) is 5.91 Å². The molecule has 96 valence electrons. The fourth-order valence-corrected chi connectivity index (χ4v) is 1.47. The van der Waals surface area contributed by atoms with Gasteiger partial charge in [-0.05, 0) is 32.4 Å². The van der Waals surface area contributed by atoms with Gasteiger partial charge in [0, 0.05) is 13.7 Å². The van der Waals surface area contributed by atoms with Crippen LogP contribution in [0.3, 0.4) is 0 Å². The smallest absolute Gasteiger partial charge is 0.237 e. The van der Waals surface area contributed by atoms with E-state index in [1.807, 2.05) is 19.1 Å². The van der Waals surface area contributed by atoms with Crippen molar-refractivity contribution in [2.75, 3.05) is 13.7 Å². The van der Waals surface area contributed by atoms with E-state index in [1.54, 1.807) is 14.0 Å². The van der Waals surface area contributed by atoms with E-state index in [4.69, 9.17) is 14.9 Å². The molecule has 1 amide bonds. The molecule has 0 aromatic carbocycles. The summed E-state index contributed by atoms with van der Waals surface area (Å²) >= 11 is 0. The van der Waals surface area contributed by atoms with Crippen LogP contribution >= 0.6 is 0 Å². The number of aryl methyl sites for hydroxylation is 1. The maximum atomic E-state index is 11.6. The van der Waals surface area contributed by atoms with E-state index in [9.17, 15) is 4.79 Å². The summed E-state index contributed by atoms with van der Waals surface area (Å²) in [6, 6.07) is 3.00. The van der Waals surface area contributed by atoms with E-state index in [1.165, 1.54) is 0 Å². The molecule has 5 heteroatoms. The van der Waals surface area contributed by atoms with Crippen LogP contribution in [0.4, 0.5) is 0 Å². The van der Waals surface area contributed by atoms with Gasteiger partial charge in [0.25, 0.3) is 0 Å². The molecule has 0 fully saturated rings. The van der Waals surface area contributed by atoms with Gasteiger partial charge in [0.15, 0.2) is 0 Å². The van der Waals surface area contributed by atoms with Gasteiger partial charge in [-0.15, -0.1) is 0 Å². The highest BCUT2D eigenvalue weighted by atomic mass is 16.5. The lowest BCUT2D eigenvalue weighted by Crippen LogP contribution is -2.40. The predicted octanol–water partition coefficient (Wildman–Crippen LogP) is 1.13. The molecule has 0 aliphatic rings. The molecule has 1 aromatic heterocycles. The second-order valence-corrected chi connectivity index (χ2v) is 4.08. The summed E-state index contributed by atoms with van der Waals surface area (Å²) in [6.45, 7) is 4.06. The Morgan fingerprint density at radius 3 is 2.76 bits per heavy atom. The molecule has 1 aromatic rings. The van der Waals surface area contributed by atoms with Crippen LogP contribution in [0.15, 0.2) is 16.5 Å². The van der Waals surface area contributed by atoms with Crippen LogP contribution in [0.25, 0.3) is 0 Å². The first-order valence-corrected chi connectivity index (χ1v) is 5.65. The third kappa shape index (κ3) is 4.20. The average molecular weight is 240 g/mol. The van der Waals surface area contributed by atoms with Crippen LogP contribution in [0.1, 0.15) is 30.9 Å². The maximum absolute atomic E-state index is 11.6. The lowest BCUT2D eigenvalue weighted by Gasteiger charge is -2.17. The first kappa shape index (κ1) is 13.7. The minimum Gasteiger partial charge on any atom is -0.464 e. The Hall–Kier alpha value is -1.33. The summed E-state index contributed by atoms with van der Waals surface area (Å²) in [6.07, 6.45) is 0.655. The molecule has 3 N–H and O–H groups in total. The van der Waals surface area contributed by atoms with Crippen molar-refractivity contribution >= 4 is 5.91 Å². The molecule has 1 rings (SSSR count). The minimum absolute atomic E-state index is 0.192. The molecule has 2 atom stereocenters. The van der Waals surface area contributed by atoms with Crippen LogP contribution < -0.4 is 11.1 Å². The number of carbonyl (C=O) groups is 1. The van der Waals surface area contributed by atoms with E-state index < -0.39 is 6.04 Å². The minimum atomic E-state index is -0.531. The average Bonchev–Trinajstić information content (AvgIpc) is 2.70. The SMILES string of the molecule is COCCC(NC(=O)C(C)N)c1ccc(C)o1. The Bertz CT molecular complexity index is 360. The Morgan fingerprint density at radius 1 is 1.59 bits per heavy atom. The summed E-state index contributed by atoms with van der Waals surface area (Å²) in [4.78, 5) is 11.6. The number of hydrogen-bond acceptors (Lipinski definition) is 4. The molecule has 0 radical (unpaired) electrons. The number of methoxy groups -OCH3 is 1. The Labute approximate surface area is 101 Å². The number of nitrogens with two attached hydrogens (primary N) is 1. The van der Waals surface area contributed by atoms with E-state index >= 15 is 0 Å². The van der Waals surface area contributed by atoms with Crippen molar-refractivity contribution < 1.29 is 13.9 Å². The van der Waals surface area contributed by atoms with Crippen molar-refractivity contribution in [2.45, 2.75) is 32.4 Å². The van der Waals surface area contributed by atoms with Crippen molar-refractivity contribution in [1.82, 2.24) is 5.32 Å². The molecule has 17 heavy (non-hydrogen) atoms. The van der Waals surface area contributed by atoms with Gasteiger partial charge >= 0.3 is 0 Å². The Morgan fingerprint density at radius 2 is 2.29 bits per heavy atom. The molecule has 0 aliphatic carbocycles. The standard InChI is InChI=1S/C12H20N2O3/c1-8-4-5-11(17-8)10(6-7-16-3)14-12(15)9(2)13/h4-5,9-10H,6-7,13H2,1-3H3,(H,14,15). The van der Waals surface area contributed by atoms with Crippen LogP contribution in [0.5, 0.6) is 0 Å². The van der Waals surface area contributed by atoms with Gasteiger partial charge < -0.3 is 20.2 Å². The Kier molecular flexibility index (Phi) is 5.18. The fourth-order valence-electron chi connectivity index (χ4n) is 1.47. The van der Waals surface area contributed by atoms with Crippen molar-refractivity contribution in [1.29, 1.82) is 0 Å². The molecule has 0 saturated carbocycles. The molecule has 0 aliphatic heterocycles. The number of furan rings is 1. The van der Waals surface area contributed by atoms with Crippen molar-refractivity contribution in [2.24, 2.45) is 5.73 Å². The zero-order valence-electron chi connectivity index (χ0n) is 10.5. The van der Waals surface area contributed by atoms with E-state index in [0.717, 1.165) is 11.5 Å². The molecule has 2 unspecified atom stereocenters. The summed E-state index contributed by atoms with van der Waals surface area (Å²) in [5, 5.41) is 2.84. The number of ether oxygens (including phenoxy) is 1. The molecule has 0 bridgehead atoms. The van der Waals surface area contributed by atoms with Gasteiger partial charge in [0.05, 0.1) is 12.1 Å². The van der Waals surface area contributed by atoms with Crippen LogP contribution in [-0.4, -0.2) is 25.7 Å². The fraction of sp³-hybridized carbons (Fsp3) is 0.583. The topological polar surface area (TPSA) is 77.5 Å². The van der Waals surface area contributed by atoms with Gasteiger partial charge in [-0.2, -0.15) is 0 Å². The molecule has 5 nitrogen and oxygen atoms in total. The van der Waals surface area contributed by atoms with E-state index in [-0.39, 0.29) is 11.9 Å². The number of hydrogen-bond donors (Lipinski definition) is 2. The zero-order valence-corrected chi connectivity index (χ0v) is 10.5. The van der Waals surface area contributed by atoms with Crippen LogP contribution in [0, 0.1) is 6.92 Å². The van der Waals surface area contributed by atoms with Gasteiger partial charge in [-0.25, -0.2) is 0 Å². The second-order valence-electron chi connectivity index (χ2n) is 4.08. The van der Waals surface area contributed by atoms with Gasteiger partial charge in [0.1, 0.15) is 11.5 Å². The highest BCUT2D eigenvalue weighted by Gasteiger charge is 2.19. The molecule has 1 heterocycles. The first-order valence-electron chi connectivity index (χ1n) is 5.65. The zero-order chi connectivity index (χ0) is 12.8. The molecular weight excluding hydrogens is 220 g/mol. The third-order valence-electron chi connectivity index (χ3n) is 2.45. The molecule has 0 saturated heterocycles. The summed E-state index contributed by atoms with van der Waals surface area (Å²) in [5.41, 5.74) is 5.52. The second kappa shape index (κ2) is 6.42.